The number of phenolic OH excluding ortho intramolecular Hbond substituents is 2. The normalized spacial score (nSPS) is 14.1. The fourth-order valence-corrected chi connectivity index (χ4v) is 4.01. The summed E-state index contributed by atoms with van der Waals surface area (Å²) in [5.41, 5.74) is 3.12. The summed E-state index contributed by atoms with van der Waals surface area (Å²) < 4.78 is 10.9. The number of nitrogens with zero attached hydrogens (tertiary/aromatic N) is 1. The Morgan fingerprint density at radius 3 is 2.53 bits per heavy atom. The first kappa shape index (κ1) is 20.2. The quantitative estimate of drug-likeness (QED) is 0.435. The lowest BCUT2D eigenvalue weighted by Crippen LogP contribution is -2.07. The fourth-order valence-electron chi connectivity index (χ4n) is 3.85. The number of allylic oxidation sites excluding steroid dienone is 1. The third kappa shape index (κ3) is 3.83. The van der Waals surface area contributed by atoms with Gasteiger partial charge in [-0.25, -0.2) is 0 Å². The van der Waals surface area contributed by atoms with Crippen LogP contribution in [-0.4, -0.2) is 22.5 Å². The van der Waals surface area contributed by atoms with Crippen molar-refractivity contribution >= 4 is 17.5 Å². The van der Waals surface area contributed by atoms with Crippen LogP contribution < -0.4 is 10.1 Å². The second kappa shape index (κ2) is 8.32. The standard InChI is InChI=1S/C23H23ClN2O4/c1-13(14-5-3-4-6-14)25-23-21(15-7-9-16(29-2)10-8-15)22(26-30-23)17-11-18(24)20(28)12-19(17)27/h7-12,14,25,27-28H,1,3-6H2,2H3. The van der Waals surface area contributed by atoms with E-state index in [1.807, 2.05) is 24.3 Å². The zero-order valence-electron chi connectivity index (χ0n) is 16.6. The number of hydrogen-bond acceptors (Lipinski definition) is 6. The molecule has 30 heavy (non-hydrogen) atoms. The van der Waals surface area contributed by atoms with E-state index in [0.717, 1.165) is 29.9 Å². The topological polar surface area (TPSA) is 87.8 Å². The van der Waals surface area contributed by atoms with Gasteiger partial charge in [0, 0.05) is 17.3 Å². The van der Waals surface area contributed by atoms with Gasteiger partial charge in [-0.05, 0) is 42.5 Å². The smallest absolute Gasteiger partial charge is 0.237 e. The number of methoxy groups -OCH3 is 1. The maximum Gasteiger partial charge on any atom is 0.237 e. The van der Waals surface area contributed by atoms with Crippen LogP contribution in [0, 0.1) is 5.92 Å². The van der Waals surface area contributed by atoms with Gasteiger partial charge in [0.2, 0.25) is 5.88 Å². The molecule has 156 valence electrons. The lowest BCUT2D eigenvalue weighted by Gasteiger charge is -2.15. The van der Waals surface area contributed by atoms with E-state index < -0.39 is 0 Å². The molecule has 1 aromatic heterocycles. The van der Waals surface area contributed by atoms with Crippen LogP contribution in [0.25, 0.3) is 22.4 Å². The molecule has 0 radical (unpaired) electrons. The van der Waals surface area contributed by atoms with E-state index in [1.165, 1.54) is 25.0 Å². The molecule has 0 atom stereocenters. The Kier molecular flexibility index (Phi) is 5.59. The van der Waals surface area contributed by atoms with Crippen molar-refractivity contribution in [2.24, 2.45) is 5.92 Å². The number of benzene rings is 2. The predicted octanol–water partition coefficient (Wildman–Crippen LogP) is 6.20. The lowest BCUT2D eigenvalue weighted by atomic mass is 9.99. The zero-order valence-corrected chi connectivity index (χ0v) is 17.4. The maximum absolute atomic E-state index is 10.4. The van der Waals surface area contributed by atoms with Crippen molar-refractivity contribution in [3.8, 4) is 39.6 Å². The minimum Gasteiger partial charge on any atom is -0.507 e. The number of halogens is 1. The van der Waals surface area contributed by atoms with E-state index in [-0.39, 0.29) is 16.5 Å². The van der Waals surface area contributed by atoms with Gasteiger partial charge in [-0.3, -0.25) is 0 Å². The van der Waals surface area contributed by atoms with E-state index in [2.05, 4.69) is 17.1 Å². The Bertz CT molecular complexity index is 1070. The third-order valence-corrected chi connectivity index (χ3v) is 5.82. The Balaban J connectivity index is 1.81. The highest BCUT2D eigenvalue weighted by Gasteiger charge is 2.25. The van der Waals surface area contributed by atoms with Crippen LogP contribution in [0.2, 0.25) is 5.02 Å². The molecule has 1 fully saturated rings. The summed E-state index contributed by atoms with van der Waals surface area (Å²) >= 11 is 6.09. The first-order valence-corrected chi connectivity index (χ1v) is 10.2. The van der Waals surface area contributed by atoms with Crippen molar-refractivity contribution in [1.82, 2.24) is 5.16 Å². The third-order valence-electron chi connectivity index (χ3n) is 5.51. The SMILES string of the molecule is C=C(Nc1onc(-c2cc(Cl)c(O)cc2O)c1-c1ccc(OC)cc1)C1CCCC1. The van der Waals surface area contributed by atoms with Gasteiger partial charge < -0.3 is 24.8 Å². The molecule has 0 spiro atoms. The molecule has 6 nitrogen and oxygen atoms in total. The van der Waals surface area contributed by atoms with Gasteiger partial charge in [-0.2, -0.15) is 0 Å². The summed E-state index contributed by atoms with van der Waals surface area (Å²) in [6.07, 6.45) is 4.58. The van der Waals surface area contributed by atoms with Crippen molar-refractivity contribution < 1.29 is 19.5 Å². The van der Waals surface area contributed by atoms with Crippen molar-refractivity contribution in [3.05, 3.63) is 53.7 Å². The summed E-state index contributed by atoms with van der Waals surface area (Å²) in [7, 11) is 1.61. The molecule has 3 aromatic rings. The van der Waals surface area contributed by atoms with E-state index in [1.54, 1.807) is 7.11 Å². The summed E-state index contributed by atoms with van der Waals surface area (Å²) in [5.74, 6) is 1.19. The van der Waals surface area contributed by atoms with Crippen LogP contribution in [0.3, 0.4) is 0 Å². The van der Waals surface area contributed by atoms with E-state index >= 15 is 0 Å². The maximum atomic E-state index is 10.4. The molecule has 0 saturated heterocycles. The summed E-state index contributed by atoms with van der Waals surface area (Å²) in [6, 6.07) is 10.1. The van der Waals surface area contributed by atoms with Gasteiger partial charge >= 0.3 is 0 Å². The second-order valence-electron chi connectivity index (χ2n) is 7.42. The summed E-state index contributed by atoms with van der Waals surface area (Å²) in [4.78, 5) is 0. The molecule has 2 aromatic carbocycles. The van der Waals surface area contributed by atoms with Crippen LogP contribution in [0.5, 0.6) is 17.2 Å². The van der Waals surface area contributed by atoms with Crippen LogP contribution in [-0.2, 0) is 0 Å². The average molecular weight is 427 g/mol. The van der Waals surface area contributed by atoms with Crippen LogP contribution in [0.15, 0.2) is 53.2 Å². The zero-order chi connectivity index (χ0) is 21.3. The number of aromatic hydroxyl groups is 2. The molecule has 3 N–H and O–H groups in total. The highest BCUT2D eigenvalue weighted by atomic mass is 35.5. The molecule has 1 aliphatic rings. The summed E-state index contributed by atoms with van der Waals surface area (Å²) in [6.45, 7) is 4.20. The number of nitrogens with one attached hydrogen (secondary N) is 1. The van der Waals surface area contributed by atoms with Gasteiger partial charge in [-0.15, -0.1) is 0 Å². The second-order valence-corrected chi connectivity index (χ2v) is 7.82. The molecule has 1 heterocycles. The number of hydrogen-bond donors (Lipinski definition) is 3. The Morgan fingerprint density at radius 2 is 1.87 bits per heavy atom. The monoisotopic (exact) mass is 426 g/mol. The fraction of sp³-hybridized carbons (Fsp3) is 0.261. The van der Waals surface area contributed by atoms with Gasteiger partial charge in [0.15, 0.2) is 0 Å². The van der Waals surface area contributed by atoms with Crippen molar-refractivity contribution in [1.29, 1.82) is 0 Å². The molecule has 0 amide bonds. The largest absolute Gasteiger partial charge is 0.507 e. The average Bonchev–Trinajstić information content (AvgIpc) is 3.41. The Morgan fingerprint density at radius 1 is 1.17 bits per heavy atom. The van der Waals surface area contributed by atoms with Crippen molar-refractivity contribution in [2.75, 3.05) is 12.4 Å². The molecule has 0 unspecified atom stereocenters. The van der Waals surface area contributed by atoms with Gasteiger partial charge in [0.05, 0.1) is 17.7 Å². The molecular weight excluding hydrogens is 404 g/mol. The predicted molar refractivity (Wildman–Crippen MR) is 117 cm³/mol. The number of phenols is 2. The van der Waals surface area contributed by atoms with Crippen LogP contribution in [0.1, 0.15) is 25.7 Å². The first-order chi connectivity index (χ1) is 14.5. The lowest BCUT2D eigenvalue weighted by molar-refractivity contribution is 0.415. The number of rotatable bonds is 6. The number of anilines is 1. The van der Waals surface area contributed by atoms with Gasteiger partial charge in [-0.1, -0.05) is 48.3 Å². The molecule has 1 saturated carbocycles. The van der Waals surface area contributed by atoms with Crippen LogP contribution >= 0.6 is 11.6 Å². The number of aromatic nitrogens is 1. The van der Waals surface area contributed by atoms with Crippen molar-refractivity contribution in [2.45, 2.75) is 25.7 Å². The van der Waals surface area contributed by atoms with Crippen LogP contribution in [0.4, 0.5) is 5.88 Å². The minimum atomic E-state index is -0.208. The van der Waals surface area contributed by atoms with E-state index in [4.69, 9.17) is 20.9 Å². The van der Waals surface area contributed by atoms with Gasteiger partial charge in [0.1, 0.15) is 22.9 Å². The van der Waals surface area contributed by atoms with E-state index in [9.17, 15) is 10.2 Å². The highest BCUT2D eigenvalue weighted by Crippen LogP contribution is 2.45. The highest BCUT2D eigenvalue weighted by molar-refractivity contribution is 6.32. The number of ether oxygens (including phenoxy) is 1. The Labute approximate surface area is 179 Å². The molecule has 7 heteroatoms. The van der Waals surface area contributed by atoms with E-state index in [0.29, 0.717) is 28.6 Å². The molecule has 0 bridgehead atoms. The molecule has 4 rings (SSSR count). The van der Waals surface area contributed by atoms with Gasteiger partial charge in [0.25, 0.3) is 0 Å². The minimum absolute atomic E-state index is 0.108. The molecule has 1 aliphatic carbocycles. The summed E-state index contributed by atoms with van der Waals surface area (Å²) in [5, 5.41) is 27.8. The Hall–Kier alpha value is -3.12. The molecule has 0 aliphatic heterocycles. The first-order valence-electron chi connectivity index (χ1n) is 9.79. The molecular formula is C23H23ClN2O4. The van der Waals surface area contributed by atoms with Crippen molar-refractivity contribution in [3.63, 3.8) is 0 Å².